The van der Waals surface area contributed by atoms with Gasteiger partial charge in [0.25, 0.3) is 0 Å². The first-order chi connectivity index (χ1) is 6.07. The molecule has 0 aliphatic carbocycles. The van der Waals surface area contributed by atoms with Crippen molar-refractivity contribution < 1.29 is 8.42 Å². The molecule has 0 radical (unpaired) electrons. The van der Waals surface area contributed by atoms with Gasteiger partial charge in [0.1, 0.15) is 9.67 Å². The third-order valence-corrected chi connectivity index (χ3v) is 4.87. The minimum atomic E-state index is -3.29. The molecule has 8 heteroatoms. The monoisotopic (exact) mass is 285 g/mol. The molecule has 5 nitrogen and oxygen atoms in total. The minimum absolute atomic E-state index is 0.138. The van der Waals surface area contributed by atoms with Gasteiger partial charge in [-0.2, -0.15) is 0 Å². The lowest BCUT2D eigenvalue weighted by Gasteiger charge is -1.97. The Balaban J connectivity index is 2.75. The standard InChI is InChI=1S/C5H8BrN3O2S2/c1-2-4-7-8-5(12-4)9-13(10,11)3-6/h2-3H2,1H3,(H,8,9). The number of hydrogen-bond acceptors (Lipinski definition) is 5. The van der Waals surface area contributed by atoms with Gasteiger partial charge in [0.15, 0.2) is 0 Å². The number of halogens is 1. The molecular formula is C5H8BrN3O2S2. The second kappa shape index (κ2) is 4.34. The fraction of sp³-hybridized carbons (Fsp3) is 0.600. The van der Waals surface area contributed by atoms with Crippen LogP contribution in [-0.2, 0) is 16.4 Å². The van der Waals surface area contributed by atoms with E-state index < -0.39 is 10.0 Å². The van der Waals surface area contributed by atoms with E-state index in [2.05, 4.69) is 30.8 Å². The maximum Gasteiger partial charge on any atom is 0.244 e. The smallest absolute Gasteiger partial charge is 0.244 e. The van der Waals surface area contributed by atoms with Crippen LogP contribution in [0.1, 0.15) is 11.9 Å². The average Bonchev–Trinajstić information content (AvgIpc) is 2.52. The first-order valence-electron chi connectivity index (χ1n) is 3.46. The van der Waals surface area contributed by atoms with Gasteiger partial charge in [-0.15, -0.1) is 10.2 Å². The van der Waals surface area contributed by atoms with Crippen LogP contribution in [0, 0.1) is 0 Å². The van der Waals surface area contributed by atoms with Crippen molar-refractivity contribution in [3.63, 3.8) is 0 Å². The third-order valence-electron chi connectivity index (χ3n) is 1.16. The highest BCUT2D eigenvalue weighted by molar-refractivity contribution is 9.10. The number of alkyl halides is 1. The Labute approximate surface area is 88.8 Å². The van der Waals surface area contributed by atoms with Crippen LogP contribution >= 0.6 is 27.3 Å². The van der Waals surface area contributed by atoms with Gasteiger partial charge in [0, 0.05) is 0 Å². The van der Waals surface area contributed by atoms with Crippen molar-refractivity contribution in [2.75, 3.05) is 9.38 Å². The van der Waals surface area contributed by atoms with Crippen molar-refractivity contribution in [2.45, 2.75) is 13.3 Å². The van der Waals surface area contributed by atoms with Crippen LogP contribution in [0.2, 0.25) is 0 Å². The summed E-state index contributed by atoms with van der Waals surface area (Å²) in [5.74, 6) is 0. The van der Waals surface area contributed by atoms with E-state index in [9.17, 15) is 8.42 Å². The Hall–Kier alpha value is -0.210. The second-order valence-corrected chi connectivity index (χ2v) is 6.27. The van der Waals surface area contributed by atoms with E-state index in [1.807, 2.05) is 6.92 Å². The zero-order valence-electron chi connectivity index (χ0n) is 6.82. The van der Waals surface area contributed by atoms with E-state index in [1.165, 1.54) is 11.3 Å². The van der Waals surface area contributed by atoms with Gasteiger partial charge in [0.2, 0.25) is 15.2 Å². The molecule has 1 aromatic heterocycles. The lowest BCUT2D eigenvalue weighted by molar-refractivity contribution is 0.606. The number of hydrogen-bond donors (Lipinski definition) is 1. The first kappa shape index (κ1) is 10.9. The van der Waals surface area contributed by atoms with Crippen LogP contribution in [0.3, 0.4) is 0 Å². The molecule has 0 saturated heterocycles. The maximum absolute atomic E-state index is 11.0. The lowest BCUT2D eigenvalue weighted by atomic mass is 10.5. The first-order valence-corrected chi connectivity index (χ1v) is 7.05. The average molecular weight is 286 g/mol. The number of nitrogens with one attached hydrogen (secondary N) is 1. The Morgan fingerprint density at radius 3 is 2.69 bits per heavy atom. The molecule has 0 aliphatic rings. The van der Waals surface area contributed by atoms with Crippen molar-refractivity contribution >= 4 is 42.4 Å². The molecule has 13 heavy (non-hydrogen) atoms. The van der Waals surface area contributed by atoms with E-state index >= 15 is 0 Å². The molecule has 1 N–H and O–H groups in total. The summed E-state index contributed by atoms with van der Waals surface area (Å²) in [6.07, 6.45) is 0.758. The van der Waals surface area contributed by atoms with Crippen molar-refractivity contribution in [3.05, 3.63) is 5.01 Å². The molecular weight excluding hydrogens is 278 g/mol. The molecule has 74 valence electrons. The quantitative estimate of drug-likeness (QED) is 0.844. The zero-order valence-corrected chi connectivity index (χ0v) is 10.0. The highest BCUT2D eigenvalue weighted by Gasteiger charge is 2.11. The number of anilines is 1. The summed E-state index contributed by atoms with van der Waals surface area (Å²) in [4.78, 5) is 0. The summed E-state index contributed by atoms with van der Waals surface area (Å²) < 4.78 is 24.2. The SMILES string of the molecule is CCc1nnc(NS(=O)(=O)CBr)s1. The van der Waals surface area contributed by atoms with Crippen LogP contribution in [0.25, 0.3) is 0 Å². The van der Waals surface area contributed by atoms with Crippen LogP contribution in [0.5, 0.6) is 0 Å². The van der Waals surface area contributed by atoms with Gasteiger partial charge < -0.3 is 0 Å². The number of rotatable bonds is 4. The minimum Gasteiger partial charge on any atom is -0.256 e. The van der Waals surface area contributed by atoms with Gasteiger partial charge in [-0.25, -0.2) is 8.42 Å². The van der Waals surface area contributed by atoms with E-state index in [4.69, 9.17) is 0 Å². The van der Waals surface area contributed by atoms with E-state index in [-0.39, 0.29) is 4.66 Å². The van der Waals surface area contributed by atoms with Crippen molar-refractivity contribution in [3.8, 4) is 0 Å². The van der Waals surface area contributed by atoms with Gasteiger partial charge in [-0.05, 0) is 6.42 Å². The summed E-state index contributed by atoms with van der Waals surface area (Å²) in [7, 11) is -3.29. The topological polar surface area (TPSA) is 72.0 Å². The van der Waals surface area contributed by atoms with Crippen molar-refractivity contribution in [2.24, 2.45) is 0 Å². The van der Waals surface area contributed by atoms with Crippen LogP contribution in [0.15, 0.2) is 0 Å². The normalized spacial score (nSPS) is 11.5. The number of nitrogens with zero attached hydrogens (tertiary/aromatic N) is 2. The van der Waals surface area contributed by atoms with Gasteiger partial charge in [-0.1, -0.05) is 34.2 Å². The third kappa shape index (κ3) is 3.20. The Morgan fingerprint density at radius 2 is 2.23 bits per heavy atom. The number of aromatic nitrogens is 2. The summed E-state index contributed by atoms with van der Waals surface area (Å²) in [5.41, 5.74) is 0. The summed E-state index contributed by atoms with van der Waals surface area (Å²) in [6, 6.07) is 0. The highest BCUT2D eigenvalue weighted by Crippen LogP contribution is 2.17. The highest BCUT2D eigenvalue weighted by atomic mass is 79.9. The molecule has 1 rings (SSSR count). The number of sulfonamides is 1. The van der Waals surface area contributed by atoms with Gasteiger partial charge >= 0.3 is 0 Å². The molecule has 0 aliphatic heterocycles. The molecule has 0 unspecified atom stereocenters. The van der Waals surface area contributed by atoms with Crippen molar-refractivity contribution in [1.82, 2.24) is 10.2 Å². The predicted octanol–water partition coefficient (Wildman–Crippen LogP) is 1.19. The Kier molecular flexibility index (Phi) is 3.63. The summed E-state index contributed by atoms with van der Waals surface area (Å²) >= 11 is 4.10. The molecule has 0 saturated carbocycles. The molecule has 0 atom stereocenters. The van der Waals surface area contributed by atoms with Crippen LogP contribution < -0.4 is 4.72 Å². The predicted molar refractivity (Wildman–Crippen MR) is 55.6 cm³/mol. The molecule has 0 aromatic carbocycles. The fourth-order valence-electron chi connectivity index (χ4n) is 0.598. The van der Waals surface area contributed by atoms with E-state index in [1.54, 1.807) is 0 Å². The molecule has 0 spiro atoms. The molecule has 0 amide bonds. The second-order valence-electron chi connectivity index (χ2n) is 2.18. The van der Waals surface area contributed by atoms with Crippen LogP contribution in [-0.4, -0.2) is 23.3 Å². The Bertz CT molecular complexity index is 375. The fourth-order valence-corrected chi connectivity index (χ4v) is 2.38. The molecule has 1 heterocycles. The summed E-state index contributed by atoms with van der Waals surface area (Å²) in [5, 5.41) is 8.59. The Morgan fingerprint density at radius 1 is 1.54 bits per heavy atom. The van der Waals surface area contributed by atoms with Crippen LogP contribution in [0.4, 0.5) is 5.13 Å². The van der Waals surface area contributed by atoms with Gasteiger partial charge in [-0.3, -0.25) is 4.72 Å². The molecule has 0 fully saturated rings. The summed E-state index contributed by atoms with van der Waals surface area (Å²) in [6.45, 7) is 1.93. The van der Waals surface area contributed by atoms with E-state index in [0.717, 1.165) is 11.4 Å². The van der Waals surface area contributed by atoms with E-state index in [0.29, 0.717) is 5.13 Å². The largest absolute Gasteiger partial charge is 0.256 e. The molecule has 1 aromatic rings. The lowest BCUT2D eigenvalue weighted by Crippen LogP contribution is -2.12. The van der Waals surface area contributed by atoms with Crippen molar-refractivity contribution in [1.29, 1.82) is 0 Å². The molecule has 0 bridgehead atoms. The number of aryl methyl sites for hydroxylation is 1. The van der Waals surface area contributed by atoms with Gasteiger partial charge in [0.05, 0.1) is 0 Å². The maximum atomic E-state index is 11.0. The zero-order chi connectivity index (χ0) is 9.90.